The van der Waals surface area contributed by atoms with Crippen LogP contribution in [0, 0.1) is 5.82 Å². The fraction of sp³-hybridized carbons (Fsp3) is 0.267. The summed E-state index contributed by atoms with van der Waals surface area (Å²) in [5.74, 6) is -0.464. The lowest BCUT2D eigenvalue weighted by Gasteiger charge is -2.22. The highest BCUT2D eigenvalue weighted by Crippen LogP contribution is 2.33. The van der Waals surface area contributed by atoms with E-state index in [4.69, 9.17) is 23.2 Å². The Labute approximate surface area is 127 Å². The zero-order chi connectivity index (χ0) is 14.7. The maximum atomic E-state index is 13.6. The van der Waals surface area contributed by atoms with Gasteiger partial charge in [0, 0.05) is 35.1 Å². The van der Waals surface area contributed by atoms with Crippen LogP contribution in [0.25, 0.3) is 0 Å². The summed E-state index contributed by atoms with van der Waals surface area (Å²) in [6.07, 6.45) is 3.51. The number of pyridine rings is 1. The van der Waals surface area contributed by atoms with E-state index >= 15 is 0 Å². The van der Waals surface area contributed by atoms with Gasteiger partial charge in [-0.25, -0.2) is 4.39 Å². The quantitative estimate of drug-likeness (QED) is 0.809. The molecule has 1 unspecified atom stereocenters. The Bertz CT molecular complexity index is 590. The van der Waals surface area contributed by atoms with Crippen molar-refractivity contribution < 1.29 is 4.39 Å². The fourth-order valence-corrected chi connectivity index (χ4v) is 2.82. The Hall–Kier alpha value is -1.16. The lowest BCUT2D eigenvalue weighted by molar-refractivity contribution is 0.491. The maximum absolute atomic E-state index is 13.6. The minimum absolute atomic E-state index is 0.0501. The van der Waals surface area contributed by atoms with Gasteiger partial charge in [-0.3, -0.25) is 4.98 Å². The molecule has 0 radical (unpaired) electrons. The van der Waals surface area contributed by atoms with Crippen molar-refractivity contribution >= 4 is 23.2 Å². The summed E-state index contributed by atoms with van der Waals surface area (Å²) < 4.78 is 13.6. The molecule has 0 bridgehead atoms. The first-order valence-corrected chi connectivity index (χ1v) is 7.05. The van der Waals surface area contributed by atoms with Crippen molar-refractivity contribution in [2.24, 2.45) is 0 Å². The molecule has 20 heavy (non-hydrogen) atoms. The number of benzene rings is 1. The third kappa shape index (κ3) is 3.29. The van der Waals surface area contributed by atoms with Crippen molar-refractivity contribution in [3.8, 4) is 0 Å². The summed E-state index contributed by atoms with van der Waals surface area (Å²) in [6.45, 7) is 3.91. The first-order valence-electron chi connectivity index (χ1n) is 6.30. The van der Waals surface area contributed by atoms with Crippen LogP contribution in [0.4, 0.5) is 4.39 Å². The van der Waals surface area contributed by atoms with Crippen LogP contribution in [0.3, 0.4) is 0 Å². The van der Waals surface area contributed by atoms with Crippen LogP contribution in [0.15, 0.2) is 36.7 Å². The first kappa shape index (κ1) is 15.2. The molecule has 0 fully saturated rings. The summed E-state index contributed by atoms with van der Waals surface area (Å²) in [5, 5.41) is 3.86. The molecule has 5 heteroatoms. The van der Waals surface area contributed by atoms with Crippen LogP contribution in [0.5, 0.6) is 0 Å². The van der Waals surface area contributed by atoms with Crippen molar-refractivity contribution in [1.29, 1.82) is 0 Å². The van der Waals surface area contributed by atoms with Gasteiger partial charge in [0.15, 0.2) is 0 Å². The molecule has 0 spiro atoms. The van der Waals surface area contributed by atoms with Crippen molar-refractivity contribution in [2.75, 3.05) is 0 Å². The minimum atomic E-state index is -0.464. The highest BCUT2D eigenvalue weighted by atomic mass is 35.5. The molecular formula is C15H15Cl2FN2. The Morgan fingerprint density at radius 3 is 2.55 bits per heavy atom. The normalized spacial score (nSPS) is 14.1. The van der Waals surface area contributed by atoms with E-state index in [1.165, 1.54) is 12.1 Å². The van der Waals surface area contributed by atoms with Gasteiger partial charge in [-0.15, -0.1) is 0 Å². The van der Waals surface area contributed by atoms with Crippen molar-refractivity contribution in [1.82, 2.24) is 10.3 Å². The molecule has 1 aromatic heterocycles. The molecular weight excluding hydrogens is 298 g/mol. The van der Waals surface area contributed by atoms with Crippen molar-refractivity contribution in [3.05, 3.63) is 63.6 Å². The molecule has 1 N–H and O–H groups in total. The summed E-state index contributed by atoms with van der Waals surface area (Å²) in [4.78, 5) is 4.08. The van der Waals surface area contributed by atoms with Gasteiger partial charge in [-0.2, -0.15) is 0 Å². The van der Waals surface area contributed by atoms with Gasteiger partial charge in [0.1, 0.15) is 5.82 Å². The summed E-state index contributed by atoms with van der Waals surface area (Å²) in [5.41, 5.74) is 1.62. The summed E-state index contributed by atoms with van der Waals surface area (Å²) in [6, 6.07) is 6.51. The molecule has 0 amide bonds. The lowest BCUT2D eigenvalue weighted by Crippen LogP contribution is -2.23. The van der Waals surface area contributed by atoms with Crippen molar-refractivity contribution in [2.45, 2.75) is 25.9 Å². The van der Waals surface area contributed by atoms with Gasteiger partial charge >= 0.3 is 0 Å². The van der Waals surface area contributed by atoms with Gasteiger partial charge in [0.25, 0.3) is 0 Å². The molecule has 1 heterocycles. The van der Waals surface area contributed by atoms with Crippen LogP contribution >= 0.6 is 23.2 Å². The molecule has 106 valence electrons. The van der Waals surface area contributed by atoms with Crippen LogP contribution in [-0.2, 0) is 0 Å². The standard InChI is InChI=1S/C15H15Cl2FN2/c1-9(11-4-3-7-19-8-11)20-10(2)14-12(16)5-6-13(18)15(14)17/h3-10,20H,1-2H3/t9-,10?/m1/s1. The van der Waals surface area contributed by atoms with Crippen LogP contribution in [0.2, 0.25) is 10.0 Å². The molecule has 2 nitrogen and oxygen atoms in total. The molecule has 0 aliphatic rings. The molecule has 0 saturated heterocycles. The third-order valence-corrected chi connectivity index (χ3v) is 3.91. The smallest absolute Gasteiger partial charge is 0.142 e. The van der Waals surface area contributed by atoms with E-state index in [0.717, 1.165) is 5.56 Å². The second-order valence-corrected chi connectivity index (χ2v) is 5.44. The Morgan fingerprint density at radius 1 is 1.15 bits per heavy atom. The van der Waals surface area contributed by atoms with Crippen molar-refractivity contribution in [3.63, 3.8) is 0 Å². The third-order valence-electron chi connectivity index (χ3n) is 3.20. The lowest BCUT2D eigenvalue weighted by atomic mass is 10.0. The largest absolute Gasteiger partial charge is 0.303 e. The van der Waals surface area contributed by atoms with E-state index in [1.807, 2.05) is 26.0 Å². The molecule has 0 aliphatic heterocycles. The van der Waals surface area contributed by atoms with E-state index in [9.17, 15) is 4.39 Å². The van der Waals surface area contributed by atoms with Gasteiger partial charge in [0.05, 0.1) is 5.02 Å². The van der Waals surface area contributed by atoms with Crippen LogP contribution < -0.4 is 5.32 Å². The zero-order valence-electron chi connectivity index (χ0n) is 11.2. The number of hydrogen-bond donors (Lipinski definition) is 1. The van der Waals surface area contributed by atoms with Gasteiger partial charge in [-0.1, -0.05) is 29.3 Å². The molecule has 1 aromatic carbocycles. The Kier molecular flexibility index (Phi) is 4.97. The first-order chi connectivity index (χ1) is 9.50. The number of nitrogens with zero attached hydrogens (tertiary/aromatic N) is 1. The van der Waals surface area contributed by atoms with E-state index in [-0.39, 0.29) is 17.1 Å². The molecule has 2 atom stereocenters. The van der Waals surface area contributed by atoms with E-state index in [0.29, 0.717) is 10.6 Å². The Morgan fingerprint density at radius 2 is 1.90 bits per heavy atom. The number of halogens is 3. The highest BCUT2D eigenvalue weighted by Gasteiger charge is 2.19. The molecule has 2 aromatic rings. The highest BCUT2D eigenvalue weighted by molar-refractivity contribution is 6.36. The topological polar surface area (TPSA) is 24.9 Å². The monoisotopic (exact) mass is 312 g/mol. The zero-order valence-corrected chi connectivity index (χ0v) is 12.7. The van der Waals surface area contributed by atoms with Gasteiger partial charge < -0.3 is 5.32 Å². The fourth-order valence-electron chi connectivity index (χ4n) is 2.13. The summed E-state index contributed by atoms with van der Waals surface area (Å²) in [7, 11) is 0. The van der Waals surface area contributed by atoms with E-state index < -0.39 is 5.82 Å². The number of nitrogens with one attached hydrogen (secondary N) is 1. The average molecular weight is 313 g/mol. The second kappa shape index (κ2) is 6.53. The molecule has 2 rings (SSSR count). The molecule has 0 saturated carbocycles. The second-order valence-electron chi connectivity index (χ2n) is 4.65. The average Bonchev–Trinajstić information content (AvgIpc) is 2.44. The maximum Gasteiger partial charge on any atom is 0.142 e. The molecule has 0 aliphatic carbocycles. The number of aromatic nitrogens is 1. The predicted molar refractivity (Wildman–Crippen MR) is 80.6 cm³/mol. The summed E-state index contributed by atoms with van der Waals surface area (Å²) >= 11 is 12.1. The van der Waals surface area contributed by atoms with Crippen LogP contribution in [0.1, 0.15) is 37.1 Å². The predicted octanol–water partition coefficient (Wildman–Crippen LogP) is 4.94. The van der Waals surface area contributed by atoms with Crippen LogP contribution in [-0.4, -0.2) is 4.98 Å². The number of hydrogen-bond acceptors (Lipinski definition) is 2. The van der Waals surface area contributed by atoms with Gasteiger partial charge in [-0.05, 0) is 37.6 Å². The Balaban J connectivity index is 2.21. The van der Waals surface area contributed by atoms with E-state index in [1.54, 1.807) is 12.4 Å². The van der Waals surface area contributed by atoms with Gasteiger partial charge in [0.2, 0.25) is 0 Å². The SMILES string of the molecule is CC(N[C@H](C)c1cccnc1)c1c(Cl)ccc(F)c1Cl. The number of rotatable bonds is 4. The minimum Gasteiger partial charge on any atom is -0.303 e. The van der Waals surface area contributed by atoms with E-state index in [2.05, 4.69) is 10.3 Å².